The number of anilines is 2. The molecule has 1 fully saturated rings. The summed E-state index contributed by atoms with van der Waals surface area (Å²) in [4.78, 5) is 2.26. The molecule has 0 aliphatic carbocycles. The molecule has 1 aliphatic heterocycles. The Morgan fingerprint density at radius 3 is 2.79 bits per heavy atom. The number of aromatic nitrogens is 2. The van der Waals surface area contributed by atoms with Gasteiger partial charge in [-0.25, -0.2) is 0 Å². The van der Waals surface area contributed by atoms with Gasteiger partial charge in [-0.2, -0.15) is 5.10 Å². The summed E-state index contributed by atoms with van der Waals surface area (Å²) in [7, 11) is 2.09. The minimum Gasteiger partial charge on any atom is -0.396 e. The van der Waals surface area contributed by atoms with Crippen LogP contribution in [0, 0.1) is 0 Å². The largest absolute Gasteiger partial charge is 0.396 e. The van der Waals surface area contributed by atoms with Crippen LogP contribution >= 0.6 is 0 Å². The van der Waals surface area contributed by atoms with Gasteiger partial charge in [0.15, 0.2) is 5.82 Å². The molecule has 1 aromatic heterocycles. The zero-order chi connectivity index (χ0) is 10.1. The molecule has 1 aliphatic rings. The predicted molar refractivity (Wildman–Crippen MR) is 55.5 cm³/mol. The third-order valence-corrected chi connectivity index (χ3v) is 2.73. The van der Waals surface area contributed by atoms with Gasteiger partial charge in [0.05, 0.1) is 17.4 Å². The van der Waals surface area contributed by atoms with Crippen LogP contribution < -0.4 is 11.5 Å². The highest BCUT2D eigenvalue weighted by Crippen LogP contribution is 2.29. The van der Waals surface area contributed by atoms with Gasteiger partial charge in [0, 0.05) is 0 Å². The third kappa shape index (κ3) is 1.50. The van der Waals surface area contributed by atoms with E-state index in [0.717, 1.165) is 18.7 Å². The summed E-state index contributed by atoms with van der Waals surface area (Å²) in [6.45, 7) is 1.11. The molecule has 0 bridgehead atoms. The number of nitrogens with zero attached hydrogens (tertiary/aromatic N) is 3. The predicted octanol–water partition coefficient (Wildman–Crippen LogP) is 0.408. The Balaban J connectivity index is 2.28. The van der Waals surface area contributed by atoms with Crippen molar-refractivity contribution in [1.29, 1.82) is 0 Å². The molecule has 0 radical (unpaired) electrons. The molecule has 0 spiro atoms. The summed E-state index contributed by atoms with van der Waals surface area (Å²) in [5.74, 6) is 0.314. The summed E-state index contributed by atoms with van der Waals surface area (Å²) >= 11 is 0. The molecule has 2 heterocycles. The van der Waals surface area contributed by atoms with Gasteiger partial charge < -0.3 is 11.5 Å². The standard InChI is InChI=1S/C9H15N5/c1-14-4-2-3-8(14)7-5-6(10)9(11)13-12-7/h5,8H,2-4H2,1H3,(H2,10,12)(H2,11,13). The lowest BCUT2D eigenvalue weighted by Crippen LogP contribution is -2.19. The Morgan fingerprint density at radius 1 is 1.43 bits per heavy atom. The first-order valence-electron chi connectivity index (χ1n) is 4.77. The van der Waals surface area contributed by atoms with E-state index in [2.05, 4.69) is 22.1 Å². The maximum absolute atomic E-state index is 5.69. The lowest BCUT2D eigenvalue weighted by molar-refractivity contribution is 0.310. The van der Waals surface area contributed by atoms with Crippen LogP contribution in [0.2, 0.25) is 0 Å². The average molecular weight is 193 g/mol. The SMILES string of the molecule is CN1CCCC1c1cc(N)c(N)nn1. The quantitative estimate of drug-likeness (QED) is 0.675. The number of hydrogen-bond acceptors (Lipinski definition) is 5. The molecule has 76 valence electrons. The summed E-state index contributed by atoms with van der Waals surface area (Å²) in [5, 5.41) is 7.91. The van der Waals surface area contributed by atoms with Gasteiger partial charge in [0.2, 0.25) is 0 Å². The maximum atomic E-state index is 5.69. The molecule has 0 saturated carbocycles. The number of hydrogen-bond donors (Lipinski definition) is 2. The van der Waals surface area contributed by atoms with Crippen LogP contribution in [0.25, 0.3) is 0 Å². The van der Waals surface area contributed by atoms with Crippen molar-refractivity contribution in [2.45, 2.75) is 18.9 Å². The molecule has 1 saturated heterocycles. The molecule has 0 amide bonds. The molecule has 1 aromatic rings. The fourth-order valence-corrected chi connectivity index (χ4v) is 1.88. The summed E-state index contributed by atoms with van der Waals surface area (Å²) in [5.41, 5.74) is 12.6. The second-order valence-corrected chi connectivity index (χ2v) is 3.75. The molecule has 2 rings (SSSR count). The topological polar surface area (TPSA) is 81.1 Å². The van der Waals surface area contributed by atoms with Gasteiger partial charge in [-0.3, -0.25) is 4.90 Å². The van der Waals surface area contributed by atoms with Gasteiger partial charge in [0.25, 0.3) is 0 Å². The molecule has 1 unspecified atom stereocenters. The second kappa shape index (κ2) is 3.42. The average Bonchev–Trinajstić information content (AvgIpc) is 2.57. The van der Waals surface area contributed by atoms with Crippen LogP contribution in [0.5, 0.6) is 0 Å². The highest BCUT2D eigenvalue weighted by atomic mass is 15.2. The van der Waals surface area contributed by atoms with Crippen LogP contribution in [0.1, 0.15) is 24.6 Å². The molecular formula is C9H15N5. The summed E-state index contributed by atoms with van der Waals surface area (Å²) in [6.07, 6.45) is 2.32. The highest BCUT2D eigenvalue weighted by molar-refractivity contribution is 5.57. The van der Waals surface area contributed by atoms with Crippen LogP contribution in [-0.4, -0.2) is 28.7 Å². The Hall–Kier alpha value is -1.36. The molecular weight excluding hydrogens is 178 g/mol. The lowest BCUT2D eigenvalue weighted by Gasteiger charge is -2.18. The number of likely N-dealkylation sites (tertiary alicyclic amines) is 1. The van der Waals surface area contributed by atoms with Crippen molar-refractivity contribution in [1.82, 2.24) is 15.1 Å². The Bertz CT molecular complexity index is 338. The minimum atomic E-state index is 0.314. The number of nitrogens with two attached hydrogens (primary N) is 2. The maximum Gasteiger partial charge on any atom is 0.169 e. The van der Waals surface area contributed by atoms with Gasteiger partial charge in [-0.1, -0.05) is 0 Å². The summed E-state index contributed by atoms with van der Waals surface area (Å²) in [6, 6.07) is 2.18. The van der Waals surface area contributed by atoms with Crippen molar-refractivity contribution >= 4 is 11.5 Å². The van der Waals surface area contributed by atoms with E-state index in [1.165, 1.54) is 6.42 Å². The minimum absolute atomic E-state index is 0.314. The van der Waals surface area contributed by atoms with E-state index in [4.69, 9.17) is 11.5 Å². The van der Waals surface area contributed by atoms with Crippen molar-refractivity contribution < 1.29 is 0 Å². The van der Waals surface area contributed by atoms with E-state index in [-0.39, 0.29) is 0 Å². The zero-order valence-electron chi connectivity index (χ0n) is 8.27. The highest BCUT2D eigenvalue weighted by Gasteiger charge is 2.24. The van der Waals surface area contributed by atoms with Gasteiger partial charge in [0.1, 0.15) is 0 Å². The molecule has 0 aromatic carbocycles. The molecule has 4 N–H and O–H groups in total. The van der Waals surface area contributed by atoms with Crippen LogP contribution in [0.4, 0.5) is 11.5 Å². The van der Waals surface area contributed by atoms with Crippen LogP contribution in [-0.2, 0) is 0 Å². The third-order valence-electron chi connectivity index (χ3n) is 2.73. The molecule has 1 atom stereocenters. The number of rotatable bonds is 1. The van der Waals surface area contributed by atoms with Crippen molar-refractivity contribution in [3.8, 4) is 0 Å². The van der Waals surface area contributed by atoms with Gasteiger partial charge in [-0.15, -0.1) is 5.10 Å². The second-order valence-electron chi connectivity index (χ2n) is 3.75. The Kier molecular flexibility index (Phi) is 2.25. The monoisotopic (exact) mass is 193 g/mol. The normalized spacial score (nSPS) is 22.8. The first-order chi connectivity index (χ1) is 6.68. The van der Waals surface area contributed by atoms with E-state index >= 15 is 0 Å². The van der Waals surface area contributed by atoms with E-state index in [1.54, 1.807) is 0 Å². The molecule has 14 heavy (non-hydrogen) atoms. The molecule has 5 nitrogen and oxygen atoms in total. The number of nitrogen functional groups attached to an aromatic ring is 2. The smallest absolute Gasteiger partial charge is 0.169 e. The fraction of sp³-hybridized carbons (Fsp3) is 0.556. The van der Waals surface area contributed by atoms with E-state index < -0.39 is 0 Å². The van der Waals surface area contributed by atoms with Crippen molar-refractivity contribution in [2.24, 2.45) is 0 Å². The molecule has 5 heteroatoms. The van der Waals surface area contributed by atoms with Crippen molar-refractivity contribution in [2.75, 3.05) is 25.1 Å². The Labute approximate surface area is 83.1 Å². The van der Waals surface area contributed by atoms with Gasteiger partial charge >= 0.3 is 0 Å². The van der Waals surface area contributed by atoms with Crippen molar-refractivity contribution in [3.05, 3.63) is 11.8 Å². The lowest BCUT2D eigenvalue weighted by atomic mass is 10.1. The van der Waals surface area contributed by atoms with Crippen LogP contribution in [0.3, 0.4) is 0 Å². The van der Waals surface area contributed by atoms with E-state index in [1.807, 2.05) is 6.07 Å². The van der Waals surface area contributed by atoms with Crippen molar-refractivity contribution in [3.63, 3.8) is 0 Å². The first-order valence-corrected chi connectivity index (χ1v) is 4.77. The van der Waals surface area contributed by atoms with Gasteiger partial charge in [-0.05, 0) is 32.5 Å². The summed E-state index contributed by atoms with van der Waals surface area (Å²) < 4.78 is 0. The van der Waals surface area contributed by atoms with Crippen LogP contribution in [0.15, 0.2) is 6.07 Å². The Morgan fingerprint density at radius 2 is 2.21 bits per heavy atom. The fourth-order valence-electron chi connectivity index (χ4n) is 1.88. The first kappa shape index (κ1) is 9.21. The zero-order valence-corrected chi connectivity index (χ0v) is 8.27. The van der Waals surface area contributed by atoms with E-state index in [9.17, 15) is 0 Å². The van der Waals surface area contributed by atoms with E-state index in [0.29, 0.717) is 17.5 Å².